The van der Waals surface area contributed by atoms with E-state index >= 15 is 0 Å². The number of hydrogen-bond acceptors (Lipinski definition) is 2. The standard InChI is InChI=1S/C31H40O2P/c1(3-15-25-32-31-24-14-16-26-33-31)2-4-17-27-34(28-18-8-5-9-19-28,29-20-10-6-11-21-29)30-22-12-7-13-23-30/h5-13,18-23,31H,1-4,14-17,24-27H2/q+1. The molecule has 0 aromatic heterocycles. The monoisotopic (exact) mass is 475 g/mol. The van der Waals surface area contributed by atoms with Crippen molar-refractivity contribution >= 4 is 23.2 Å². The maximum Gasteiger partial charge on any atom is 0.157 e. The van der Waals surface area contributed by atoms with Crippen LogP contribution in [0.3, 0.4) is 0 Å². The van der Waals surface area contributed by atoms with Crippen LogP contribution in [-0.2, 0) is 9.47 Å². The van der Waals surface area contributed by atoms with Crippen molar-refractivity contribution in [3.63, 3.8) is 0 Å². The summed E-state index contributed by atoms with van der Waals surface area (Å²) in [6.45, 7) is 1.71. The summed E-state index contributed by atoms with van der Waals surface area (Å²) in [7, 11) is -1.67. The molecule has 3 heteroatoms. The average Bonchev–Trinajstić information content (AvgIpc) is 2.92. The number of rotatable bonds is 13. The lowest BCUT2D eigenvalue weighted by Crippen LogP contribution is -2.33. The van der Waals surface area contributed by atoms with Gasteiger partial charge in [-0.25, -0.2) is 0 Å². The van der Waals surface area contributed by atoms with Gasteiger partial charge >= 0.3 is 0 Å². The van der Waals surface area contributed by atoms with Crippen molar-refractivity contribution < 1.29 is 9.47 Å². The lowest BCUT2D eigenvalue weighted by molar-refractivity contribution is -0.162. The minimum atomic E-state index is -1.67. The second kappa shape index (κ2) is 13.8. The Morgan fingerprint density at radius 3 is 1.62 bits per heavy atom. The molecule has 3 aromatic rings. The average molecular weight is 476 g/mol. The zero-order valence-electron chi connectivity index (χ0n) is 20.5. The molecule has 1 unspecified atom stereocenters. The van der Waals surface area contributed by atoms with Crippen LogP contribution in [0.5, 0.6) is 0 Å². The number of hydrogen-bond donors (Lipinski definition) is 0. The van der Waals surface area contributed by atoms with Crippen molar-refractivity contribution in [3.05, 3.63) is 91.0 Å². The van der Waals surface area contributed by atoms with E-state index in [2.05, 4.69) is 91.0 Å². The molecule has 2 nitrogen and oxygen atoms in total. The van der Waals surface area contributed by atoms with E-state index in [1.54, 1.807) is 0 Å². The lowest BCUT2D eigenvalue weighted by Gasteiger charge is -2.27. The molecule has 0 bridgehead atoms. The summed E-state index contributed by atoms with van der Waals surface area (Å²) < 4.78 is 11.5. The number of benzene rings is 3. The first-order valence-electron chi connectivity index (χ1n) is 13.2. The van der Waals surface area contributed by atoms with Crippen LogP contribution in [0.15, 0.2) is 91.0 Å². The highest BCUT2D eigenvalue weighted by atomic mass is 31.2. The minimum absolute atomic E-state index is 0.0554. The molecule has 3 aromatic carbocycles. The van der Waals surface area contributed by atoms with Crippen molar-refractivity contribution in [1.29, 1.82) is 0 Å². The summed E-state index contributed by atoms with van der Waals surface area (Å²) in [4.78, 5) is 0. The second-order valence-corrected chi connectivity index (χ2v) is 12.9. The molecule has 4 rings (SSSR count). The predicted molar refractivity (Wildman–Crippen MR) is 147 cm³/mol. The number of ether oxygens (including phenoxy) is 2. The molecule has 1 saturated heterocycles. The molecule has 0 radical (unpaired) electrons. The third-order valence-corrected chi connectivity index (χ3v) is 11.4. The Kier molecular flexibility index (Phi) is 10.2. The van der Waals surface area contributed by atoms with Crippen molar-refractivity contribution in [2.45, 2.75) is 64.1 Å². The van der Waals surface area contributed by atoms with Gasteiger partial charge < -0.3 is 9.47 Å². The van der Waals surface area contributed by atoms with Gasteiger partial charge in [-0.15, -0.1) is 0 Å². The highest BCUT2D eigenvalue weighted by Crippen LogP contribution is 2.55. The summed E-state index contributed by atoms with van der Waals surface area (Å²) in [6, 6.07) is 33.7. The zero-order valence-corrected chi connectivity index (χ0v) is 21.4. The molecular formula is C31H40O2P+. The van der Waals surface area contributed by atoms with Crippen molar-refractivity contribution in [2.75, 3.05) is 19.4 Å². The molecule has 0 saturated carbocycles. The molecule has 1 fully saturated rings. The zero-order chi connectivity index (χ0) is 23.3. The van der Waals surface area contributed by atoms with Gasteiger partial charge in [-0.05, 0) is 74.9 Å². The lowest BCUT2D eigenvalue weighted by atomic mass is 10.1. The van der Waals surface area contributed by atoms with Crippen molar-refractivity contribution in [1.82, 2.24) is 0 Å². The van der Waals surface area contributed by atoms with Crippen LogP contribution < -0.4 is 15.9 Å². The van der Waals surface area contributed by atoms with Crippen LogP contribution in [0.1, 0.15) is 57.8 Å². The summed E-state index contributed by atoms with van der Waals surface area (Å²) in [5.41, 5.74) is 0. The number of unbranched alkanes of at least 4 members (excludes halogenated alkanes) is 5. The Bertz CT molecular complexity index is 827. The van der Waals surface area contributed by atoms with E-state index in [9.17, 15) is 0 Å². The molecule has 0 amide bonds. The fraction of sp³-hybridized carbons (Fsp3) is 0.419. The predicted octanol–water partition coefficient (Wildman–Crippen LogP) is 6.86. The van der Waals surface area contributed by atoms with Crippen LogP contribution in [0, 0.1) is 0 Å². The van der Waals surface area contributed by atoms with Gasteiger partial charge in [0, 0.05) is 13.2 Å². The fourth-order valence-corrected chi connectivity index (χ4v) is 9.51. The van der Waals surface area contributed by atoms with Crippen LogP contribution >= 0.6 is 7.26 Å². The molecule has 1 heterocycles. The van der Waals surface area contributed by atoms with E-state index in [-0.39, 0.29) is 6.29 Å². The Morgan fingerprint density at radius 2 is 1.12 bits per heavy atom. The van der Waals surface area contributed by atoms with E-state index in [1.807, 2.05) is 0 Å². The Morgan fingerprint density at radius 1 is 0.618 bits per heavy atom. The van der Waals surface area contributed by atoms with Gasteiger partial charge in [-0.1, -0.05) is 73.9 Å². The van der Waals surface area contributed by atoms with Gasteiger partial charge in [0.1, 0.15) is 23.2 Å². The Hall–Kier alpha value is -1.99. The molecule has 0 aliphatic carbocycles. The first kappa shape index (κ1) is 25.1. The third-order valence-electron chi connectivity index (χ3n) is 6.92. The molecule has 0 N–H and O–H groups in total. The Balaban J connectivity index is 1.33. The van der Waals surface area contributed by atoms with E-state index < -0.39 is 7.26 Å². The summed E-state index contributed by atoms with van der Waals surface area (Å²) in [5, 5.41) is 4.48. The van der Waals surface area contributed by atoms with Gasteiger partial charge in [0.15, 0.2) is 6.29 Å². The smallest absolute Gasteiger partial charge is 0.157 e. The van der Waals surface area contributed by atoms with Gasteiger partial charge in [-0.2, -0.15) is 0 Å². The van der Waals surface area contributed by atoms with Crippen LogP contribution in [0.25, 0.3) is 0 Å². The molecule has 0 spiro atoms. The largest absolute Gasteiger partial charge is 0.353 e. The highest BCUT2D eigenvalue weighted by Gasteiger charge is 2.44. The van der Waals surface area contributed by atoms with Gasteiger partial charge in [0.25, 0.3) is 0 Å². The van der Waals surface area contributed by atoms with Crippen LogP contribution in [-0.4, -0.2) is 25.7 Å². The molecular weight excluding hydrogens is 435 g/mol. The second-order valence-electron chi connectivity index (χ2n) is 9.33. The van der Waals surface area contributed by atoms with Crippen LogP contribution in [0.2, 0.25) is 0 Å². The Labute approximate surface area is 207 Å². The molecule has 180 valence electrons. The van der Waals surface area contributed by atoms with Crippen molar-refractivity contribution in [2.24, 2.45) is 0 Å². The normalized spacial score (nSPS) is 16.4. The first-order chi connectivity index (χ1) is 16.9. The molecule has 34 heavy (non-hydrogen) atoms. The molecule has 1 atom stereocenters. The van der Waals surface area contributed by atoms with Crippen LogP contribution in [0.4, 0.5) is 0 Å². The van der Waals surface area contributed by atoms with E-state index in [4.69, 9.17) is 9.47 Å². The summed E-state index contributed by atoms with van der Waals surface area (Å²) in [6.07, 6.45) is 12.3. The quantitative estimate of drug-likeness (QED) is 0.198. The van der Waals surface area contributed by atoms with E-state index in [1.165, 1.54) is 67.0 Å². The topological polar surface area (TPSA) is 18.5 Å². The SMILES string of the molecule is c1ccc([P+](CCCCCCCCOC2CCCCO2)(c2ccccc2)c2ccccc2)cc1. The van der Waals surface area contributed by atoms with E-state index in [0.717, 1.165) is 26.1 Å². The fourth-order valence-electron chi connectivity index (χ4n) is 5.10. The summed E-state index contributed by atoms with van der Waals surface area (Å²) >= 11 is 0. The van der Waals surface area contributed by atoms with E-state index in [0.29, 0.717) is 0 Å². The minimum Gasteiger partial charge on any atom is -0.353 e. The third kappa shape index (κ3) is 6.79. The first-order valence-corrected chi connectivity index (χ1v) is 15.2. The van der Waals surface area contributed by atoms with Crippen molar-refractivity contribution in [3.8, 4) is 0 Å². The van der Waals surface area contributed by atoms with Gasteiger partial charge in [-0.3, -0.25) is 0 Å². The highest BCUT2D eigenvalue weighted by molar-refractivity contribution is 7.95. The molecule has 1 aliphatic rings. The van der Waals surface area contributed by atoms with Gasteiger partial charge in [0.05, 0.1) is 6.16 Å². The van der Waals surface area contributed by atoms with Gasteiger partial charge in [0.2, 0.25) is 0 Å². The molecule has 1 aliphatic heterocycles. The summed E-state index contributed by atoms with van der Waals surface area (Å²) in [5.74, 6) is 0. The maximum atomic E-state index is 5.88. The maximum absolute atomic E-state index is 5.88.